The van der Waals surface area contributed by atoms with Crippen LogP contribution in [0.3, 0.4) is 0 Å². The van der Waals surface area contributed by atoms with Gasteiger partial charge in [-0.3, -0.25) is 14.9 Å². The van der Waals surface area contributed by atoms with E-state index in [-0.39, 0.29) is 24.5 Å². The molecule has 0 heterocycles. The highest BCUT2D eigenvalue weighted by atomic mass is 35.5. The minimum absolute atomic E-state index is 0. The zero-order valence-electron chi connectivity index (χ0n) is 10.1. The molecule has 0 aromatic heterocycles. The third-order valence-corrected chi connectivity index (χ3v) is 2.47. The van der Waals surface area contributed by atoms with Crippen LogP contribution in [0.15, 0.2) is 18.2 Å². The predicted molar refractivity (Wildman–Crippen MR) is 68.6 cm³/mol. The second-order valence-corrected chi connectivity index (χ2v) is 3.69. The van der Waals surface area contributed by atoms with Crippen LogP contribution in [0.2, 0.25) is 0 Å². The summed E-state index contributed by atoms with van der Waals surface area (Å²) in [6.07, 6.45) is -0.00326. The Balaban J connectivity index is 0.00000289. The van der Waals surface area contributed by atoms with E-state index >= 15 is 0 Å². The van der Waals surface area contributed by atoms with Crippen LogP contribution in [0.1, 0.15) is 23.6 Å². The zero-order chi connectivity index (χ0) is 13.0. The first kappa shape index (κ1) is 16.3. The van der Waals surface area contributed by atoms with Gasteiger partial charge in [0.15, 0.2) is 0 Å². The first-order valence-electron chi connectivity index (χ1n) is 5.03. The zero-order valence-corrected chi connectivity index (χ0v) is 10.9. The molecule has 1 atom stereocenters. The molecule has 0 unspecified atom stereocenters. The first-order valence-corrected chi connectivity index (χ1v) is 5.03. The number of nitro benzene ring substituents is 1. The molecule has 7 heteroatoms. The van der Waals surface area contributed by atoms with Gasteiger partial charge in [0, 0.05) is 17.7 Å². The lowest BCUT2D eigenvalue weighted by Crippen LogP contribution is -2.16. The monoisotopic (exact) mass is 274 g/mol. The van der Waals surface area contributed by atoms with Gasteiger partial charge < -0.3 is 10.5 Å². The molecule has 18 heavy (non-hydrogen) atoms. The molecule has 0 aliphatic carbocycles. The number of halogens is 1. The second kappa shape index (κ2) is 6.93. The van der Waals surface area contributed by atoms with Gasteiger partial charge in [-0.2, -0.15) is 0 Å². The van der Waals surface area contributed by atoms with E-state index in [2.05, 4.69) is 4.74 Å². The van der Waals surface area contributed by atoms with E-state index in [1.54, 1.807) is 19.1 Å². The van der Waals surface area contributed by atoms with Crippen molar-refractivity contribution in [2.45, 2.75) is 19.4 Å². The average molecular weight is 275 g/mol. The van der Waals surface area contributed by atoms with E-state index in [9.17, 15) is 14.9 Å². The van der Waals surface area contributed by atoms with E-state index in [0.717, 1.165) is 0 Å². The summed E-state index contributed by atoms with van der Waals surface area (Å²) in [5, 5.41) is 10.7. The van der Waals surface area contributed by atoms with Gasteiger partial charge >= 0.3 is 5.97 Å². The summed E-state index contributed by atoms with van der Waals surface area (Å²) in [7, 11) is 1.27. The predicted octanol–water partition coefficient (Wildman–Crippen LogP) is 1.89. The topological polar surface area (TPSA) is 95.5 Å². The molecule has 100 valence electrons. The Labute approximate surface area is 111 Å². The number of hydrogen-bond acceptors (Lipinski definition) is 5. The van der Waals surface area contributed by atoms with E-state index in [0.29, 0.717) is 11.1 Å². The third-order valence-electron chi connectivity index (χ3n) is 2.47. The van der Waals surface area contributed by atoms with Crippen LogP contribution in [-0.2, 0) is 9.53 Å². The number of hydrogen-bond donors (Lipinski definition) is 1. The van der Waals surface area contributed by atoms with Gasteiger partial charge in [0.2, 0.25) is 0 Å². The van der Waals surface area contributed by atoms with Crippen molar-refractivity contribution >= 4 is 24.1 Å². The SMILES string of the molecule is COC(=O)C[C@@H](N)c1ccc(C)c([N+](=O)[O-])c1.Cl. The fourth-order valence-corrected chi connectivity index (χ4v) is 1.43. The summed E-state index contributed by atoms with van der Waals surface area (Å²) in [6.45, 7) is 1.65. The molecule has 0 spiro atoms. The Bertz CT molecular complexity index is 451. The summed E-state index contributed by atoms with van der Waals surface area (Å²) in [6, 6.07) is 4.09. The number of esters is 1. The van der Waals surface area contributed by atoms with Gasteiger partial charge in [-0.05, 0) is 12.5 Å². The minimum atomic E-state index is -0.596. The van der Waals surface area contributed by atoms with Crippen LogP contribution in [-0.4, -0.2) is 18.0 Å². The van der Waals surface area contributed by atoms with Gasteiger partial charge in [0.25, 0.3) is 5.69 Å². The lowest BCUT2D eigenvalue weighted by atomic mass is 10.0. The lowest BCUT2D eigenvalue weighted by molar-refractivity contribution is -0.385. The van der Waals surface area contributed by atoms with Crippen LogP contribution in [0.5, 0.6) is 0 Å². The highest BCUT2D eigenvalue weighted by Crippen LogP contribution is 2.23. The fourth-order valence-electron chi connectivity index (χ4n) is 1.43. The van der Waals surface area contributed by atoms with Crippen molar-refractivity contribution < 1.29 is 14.5 Å². The highest BCUT2D eigenvalue weighted by molar-refractivity contribution is 5.85. The Morgan fingerprint density at radius 2 is 2.17 bits per heavy atom. The number of nitrogens with zero attached hydrogens (tertiary/aromatic N) is 1. The number of nitrogens with two attached hydrogens (primary N) is 1. The fraction of sp³-hybridized carbons (Fsp3) is 0.364. The van der Waals surface area contributed by atoms with Crippen molar-refractivity contribution in [3.05, 3.63) is 39.4 Å². The van der Waals surface area contributed by atoms with Gasteiger partial charge in [-0.25, -0.2) is 0 Å². The summed E-state index contributed by atoms with van der Waals surface area (Å²) in [4.78, 5) is 21.3. The maximum atomic E-state index is 11.0. The molecule has 0 aliphatic heterocycles. The van der Waals surface area contributed by atoms with Crippen LogP contribution < -0.4 is 5.73 Å². The smallest absolute Gasteiger partial charge is 0.307 e. The number of carbonyl (C=O) groups is 1. The molecule has 0 fully saturated rings. The molecule has 1 rings (SSSR count). The molecule has 2 N–H and O–H groups in total. The lowest BCUT2D eigenvalue weighted by Gasteiger charge is -2.10. The van der Waals surface area contributed by atoms with Gasteiger partial charge in [-0.1, -0.05) is 12.1 Å². The molecule has 0 aliphatic rings. The largest absolute Gasteiger partial charge is 0.469 e. The maximum Gasteiger partial charge on any atom is 0.307 e. The molecule has 0 bridgehead atoms. The number of rotatable bonds is 4. The molecule has 0 saturated carbocycles. The Morgan fingerprint density at radius 1 is 1.56 bits per heavy atom. The molecule has 0 saturated heterocycles. The van der Waals surface area contributed by atoms with Gasteiger partial charge in [0.05, 0.1) is 18.5 Å². The quantitative estimate of drug-likeness (QED) is 0.514. The first-order chi connectivity index (χ1) is 7.95. The number of aryl methyl sites for hydroxylation is 1. The normalized spacial score (nSPS) is 11.3. The van der Waals surface area contributed by atoms with E-state index in [1.807, 2.05) is 0 Å². The molecular formula is C11H15ClN2O4. The summed E-state index contributed by atoms with van der Waals surface area (Å²) < 4.78 is 4.49. The second-order valence-electron chi connectivity index (χ2n) is 3.69. The molecule has 1 aromatic rings. The third kappa shape index (κ3) is 3.97. The number of nitro groups is 1. The summed E-state index contributed by atoms with van der Waals surface area (Å²) in [5.74, 6) is -0.444. The van der Waals surface area contributed by atoms with Gasteiger partial charge in [0.1, 0.15) is 0 Å². The molecule has 6 nitrogen and oxygen atoms in total. The molecular weight excluding hydrogens is 260 g/mol. The van der Waals surface area contributed by atoms with E-state index in [1.165, 1.54) is 13.2 Å². The number of ether oxygens (including phenoxy) is 1. The number of methoxy groups -OCH3 is 1. The molecule has 1 aromatic carbocycles. The van der Waals surface area contributed by atoms with Crippen LogP contribution in [0.4, 0.5) is 5.69 Å². The van der Waals surface area contributed by atoms with E-state index in [4.69, 9.17) is 5.73 Å². The van der Waals surface area contributed by atoms with Crippen molar-refractivity contribution in [1.82, 2.24) is 0 Å². The van der Waals surface area contributed by atoms with Crippen LogP contribution >= 0.6 is 12.4 Å². The molecule has 0 amide bonds. The minimum Gasteiger partial charge on any atom is -0.469 e. The Kier molecular flexibility index (Phi) is 6.29. The molecule has 0 radical (unpaired) electrons. The number of benzene rings is 1. The van der Waals surface area contributed by atoms with Crippen molar-refractivity contribution in [3.8, 4) is 0 Å². The van der Waals surface area contributed by atoms with Crippen molar-refractivity contribution in [3.63, 3.8) is 0 Å². The Hall–Kier alpha value is -1.66. The van der Waals surface area contributed by atoms with Crippen LogP contribution in [0.25, 0.3) is 0 Å². The van der Waals surface area contributed by atoms with Crippen molar-refractivity contribution in [1.29, 1.82) is 0 Å². The van der Waals surface area contributed by atoms with Crippen molar-refractivity contribution in [2.75, 3.05) is 7.11 Å². The van der Waals surface area contributed by atoms with Crippen molar-refractivity contribution in [2.24, 2.45) is 5.73 Å². The van der Waals surface area contributed by atoms with E-state index < -0.39 is 16.9 Å². The standard InChI is InChI=1S/C11H14N2O4.ClH/c1-7-3-4-8(5-10(7)13(15)16)9(12)6-11(14)17-2;/h3-5,9H,6,12H2,1-2H3;1H/t9-;/m1./s1. The summed E-state index contributed by atoms with van der Waals surface area (Å²) >= 11 is 0. The summed E-state index contributed by atoms with van der Waals surface area (Å²) in [5.41, 5.74) is 6.88. The highest BCUT2D eigenvalue weighted by Gasteiger charge is 2.17. The average Bonchev–Trinajstić information content (AvgIpc) is 2.28. The Morgan fingerprint density at radius 3 is 2.67 bits per heavy atom. The van der Waals surface area contributed by atoms with Crippen LogP contribution in [0, 0.1) is 17.0 Å². The maximum absolute atomic E-state index is 11.0. The van der Waals surface area contributed by atoms with Gasteiger partial charge in [-0.15, -0.1) is 12.4 Å². The number of carbonyl (C=O) groups excluding carboxylic acids is 1.